The van der Waals surface area contributed by atoms with Gasteiger partial charge in [0.05, 0.1) is 5.69 Å². The van der Waals surface area contributed by atoms with Gasteiger partial charge in [0.2, 0.25) is 0 Å². The van der Waals surface area contributed by atoms with Crippen molar-refractivity contribution in [2.24, 2.45) is 16.5 Å². The number of carbonyl (C=O) groups excluding carboxylic acids is 1. The van der Waals surface area contributed by atoms with Crippen LogP contribution in [-0.4, -0.2) is 12.0 Å². The van der Waals surface area contributed by atoms with Gasteiger partial charge in [-0.25, -0.2) is 4.79 Å². The Morgan fingerprint density at radius 1 is 1.44 bits per heavy atom. The zero-order valence-corrected chi connectivity index (χ0v) is 11.8. The molecule has 0 bridgehead atoms. The summed E-state index contributed by atoms with van der Waals surface area (Å²) in [5, 5.41) is 2.69. The fourth-order valence-corrected chi connectivity index (χ4v) is 2.04. The summed E-state index contributed by atoms with van der Waals surface area (Å²) in [5.41, 5.74) is 12.1. The van der Waals surface area contributed by atoms with Gasteiger partial charge < -0.3 is 16.8 Å². The van der Waals surface area contributed by atoms with Crippen molar-refractivity contribution in [1.82, 2.24) is 0 Å². The molecular weight excluding hydrogens is 296 g/mol. The van der Waals surface area contributed by atoms with Gasteiger partial charge in [0.15, 0.2) is 5.96 Å². The maximum Gasteiger partial charge on any atom is 0.348 e. The molecule has 5 nitrogen and oxygen atoms in total. The molecule has 98 valence electrons. The van der Waals surface area contributed by atoms with Crippen molar-refractivity contribution in [1.29, 1.82) is 0 Å². The third-order valence-electron chi connectivity index (χ3n) is 2.36. The van der Waals surface area contributed by atoms with Crippen LogP contribution >= 0.6 is 15.9 Å². The zero-order valence-electron chi connectivity index (χ0n) is 10.2. The van der Waals surface area contributed by atoms with Crippen LogP contribution in [0, 0.1) is 0 Å². The Balaban J connectivity index is 2.92. The second kappa shape index (κ2) is 7.00. The molecular formula is C12H17BrN4O. The summed E-state index contributed by atoms with van der Waals surface area (Å²) in [5.74, 6) is -0.255. The van der Waals surface area contributed by atoms with Crippen LogP contribution in [0.1, 0.15) is 25.3 Å². The predicted octanol–water partition coefficient (Wildman–Crippen LogP) is 2.60. The molecule has 2 amide bonds. The average molecular weight is 313 g/mol. The topological polar surface area (TPSA) is 93.5 Å². The first-order valence-corrected chi connectivity index (χ1v) is 6.52. The fraction of sp³-hybridized carbons (Fsp3) is 0.333. The lowest BCUT2D eigenvalue weighted by atomic mass is 10.1. The standard InChI is InChI=1S/C12H17BrN4O/c1-2-3-5-8-6-4-7-9(13)10(8)16-12(18)17-11(14)15/h4,6-7H,2-3,5H2,1H3,(H5,14,15,16,17,18). The van der Waals surface area contributed by atoms with E-state index in [-0.39, 0.29) is 5.96 Å². The summed E-state index contributed by atoms with van der Waals surface area (Å²) in [6.45, 7) is 2.12. The molecule has 0 spiro atoms. The van der Waals surface area contributed by atoms with E-state index in [0.717, 1.165) is 35.0 Å². The number of amides is 2. The highest BCUT2D eigenvalue weighted by Crippen LogP contribution is 2.27. The molecule has 0 heterocycles. The van der Waals surface area contributed by atoms with Gasteiger partial charge in [-0.15, -0.1) is 0 Å². The van der Waals surface area contributed by atoms with Gasteiger partial charge in [-0.2, -0.15) is 4.99 Å². The summed E-state index contributed by atoms with van der Waals surface area (Å²) in [4.78, 5) is 15.0. The van der Waals surface area contributed by atoms with Crippen molar-refractivity contribution in [3.05, 3.63) is 28.2 Å². The Kier molecular flexibility index (Phi) is 5.64. The number of aryl methyl sites for hydroxylation is 1. The first-order valence-electron chi connectivity index (χ1n) is 5.72. The molecule has 5 N–H and O–H groups in total. The molecule has 0 saturated heterocycles. The van der Waals surface area contributed by atoms with Crippen LogP contribution in [-0.2, 0) is 6.42 Å². The summed E-state index contributed by atoms with van der Waals surface area (Å²) in [7, 11) is 0. The van der Waals surface area contributed by atoms with Gasteiger partial charge in [-0.1, -0.05) is 25.5 Å². The Morgan fingerprint density at radius 3 is 2.78 bits per heavy atom. The Labute approximate surface area is 115 Å². The number of benzene rings is 1. The minimum absolute atomic E-state index is 0.255. The molecule has 0 saturated carbocycles. The van der Waals surface area contributed by atoms with Gasteiger partial charge in [0, 0.05) is 4.47 Å². The van der Waals surface area contributed by atoms with Gasteiger partial charge in [0.1, 0.15) is 0 Å². The molecule has 0 aliphatic rings. The number of carbonyl (C=O) groups is 1. The van der Waals surface area contributed by atoms with Crippen molar-refractivity contribution < 1.29 is 4.79 Å². The molecule has 1 aromatic rings. The monoisotopic (exact) mass is 312 g/mol. The minimum Gasteiger partial charge on any atom is -0.370 e. The van der Waals surface area contributed by atoms with Crippen molar-refractivity contribution in [3.8, 4) is 0 Å². The first-order chi connectivity index (χ1) is 8.54. The van der Waals surface area contributed by atoms with Crippen molar-refractivity contribution in [3.63, 3.8) is 0 Å². The number of para-hydroxylation sites is 1. The molecule has 18 heavy (non-hydrogen) atoms. The number of rotatable bonds is 4. The number of guanidine groups is 1. The second-order valence-electron chi connectivity index (χ2n) is 3.84. The molecule has 0 atom stereocenters. The number of hydrogen-bond acceptors (Lipinski definition) is 1. The predicted molar refractivity (Wildman–Crippen MR) is 77.6 cm³/mol. The van der Waals surface area contributed by atoms with E-state index >= 15 is 0 Å². The number of anilines is 1. The SMILES string of the molecule is CCCCc1cccc(Br)c1NC(=O)N=C(N)N. The van der Waals surface area contributed by atoms with Crippen LogP contribution in [0.3, 0.4) is 0 Å². The Hall–Kier alpha value is -1.56. The van der Waals surface area contributed by atoms with E-state index in [1.807, 2.05) is 18.2 Å². The average Bonchev–Trinajstić information content (AvgIpc) is 2.29. The van der Waals surface area contributed by atoms with Gasteiger partial charge in [-0.3, -0.25) is 0 Å². The third kappa shape index (κ3) is 4.37. The second-order valence-corrected chi connectivity index (χ2v) is 4.70. The van der Waals surface area contributed by atoms with E-state index in [2.05, 4.69) is 33.2 Å². The molecule has 0 aromatic heterocycles. The normalized spacial score (nSPS) is 9.89. The third-order valence-corrected chi connectivity index (χ3v) is 3.02. The summed E-state index contributed by atoms with van der Waals surface area (Å²) in [6.07, 6.45) is 3.04. The fourth-order valence-electron chi connectivity index (χ4n) is 1.54. The van der Waals surface area contributed by atoms with E-state index in [0.29, 0.717) is 0 Å². The highest BCUT2D eigenvalue weighted by molar-refractivity contribution is 9.10. The highest BCUT2D eigenvalue weighted by atomic mass is 79.9. The largest absolute Gasteiger partial charge is 0.370 e. The maximum atomic E-state index is 11.5. The van der Waals surface area contributed by atoms with E-state index < -0.39 is 6.03 Å². The molecule has 0 unspecified atom stereocenters. The number of urea groups is 1. The summed E-state index contributed by atoms with van der Waals surface area (Å²) >= 11 is 3.41. The first kappa shape index (κ1) is 14.5. The highest BCUT2D eigenvalue weighted by Gasteiger charge is 2.09. The number of unbranched alkanes of at least 4 members (excludes halogenated alkanes) is 1. The number of nitrogens with two attached hydrogens (primary N) is 2. The number of nitrogens with zero attached hydrogens (tertiary/aromatic N) is 1. The summed E-state index contributed by atoms with van der Waals surface area (Å²) < 4.78 is 0.815. The number of nitrogens with one attached hydrogen (secondary N) is 1. The van der Waals surface area contributed by atoms with Crippen LogP contribution in [0.25, 0.3) is 0 Å². The van der Waals surface area contributed by atoms with E-state index in [1.54, 1.807) is 0 Å². The minimum atomic E-state index is -0.570. The Bertz CT molecular complexity index is 455. The lowest BCUT2D eigenvalue weighted by Crippen LogP contribution is -2.25. The van der Waals surface area contributed by atoms with Gasteiger partial charge in [-0.05, 0) is 40.4 Å². The molecule has 1 rings (SSSR count). The van der Waals surface area contributed by atoms with Crippen molar-refractivity contribution in [2.75, 3.05) is 5.32 Å². The number of aliphatic imine (C=N–C) groups is 1. The van der Waals surface area contributed by atoms with Crippen LogP contribution in [0.5, 0.6) is 0 Å². The zero-order chi connectivity index (χ0) is 13.5. The molecule has 0 aliphatic carbocycles. The molecule has 0 aliphatic heterocycles. The van der Waals surface area contributed by atoms with Gasteiger partial charge >= 0.3 is 6.03 Å². The van der Waals surface area contributed by atoms with Crippen LogP contribution in [0.4, 0.5) is 10.5 Å². The van der Waals surface area contributed by atoms with Crippen molar-refractivity contribution in [2.45, 2.75) is 26.2 Å². The molecule has 0 fully saturated rings. The molecule has 1 aromatic carbocycles. The van der Waals surface area contributed by atoms with Crippen LogP contribution in [0.2, 0.25) is 0 Å². The van der Waals surface area contributed by atoms with Crippen LogP contribution in [0.15, 0.2) is 27.7 Å². The maximum absolute atomic E-state index is 11.5. The quantitative estimate of drug-likeness (QED) is 0.589. The lowest BCUT2D eigenvalue weighted by molar-refractivity contribution is 0.259. The van der Waals surface area contributed by atoms with Crippen LogP contribution < -0.4 is 16.8 Å². The molecule has 6 heteroatoms. The molecule has 0 radical (unpaired) electrons. The van der Waals surface area contributed by atoms with E-state index in [1.165, 1.54) is 0 Å². The van der Waals surface area contributed by atoms with E-state index in [9.17, 15) is 4.79 Å². The van der Waals surface area contributed by atoms with Gasteiger partial charge in [0.25, 0.3) is 0 Å². The smallest absolute Gasteiger partial charge is 0.348 e. The van der Waals surface area contributed by atoms with E-state index in [4.69, 9.17) is 11.5 Å². The summed E-state index contributed by atoms with van der Waals surface area (Å²) in [6, 6.07) is 5.21. The number of halogens is 1. The number of hydrogen-bond donors (Lipinski definition) is 3. The Morgan fingerprint density at radius 2 is 2.17 bits per heavy atom. The van der Waals surface area contributed by atoms with Crippen molar-refractivity contribution >= 4 is 33.6 Å². The lowest BCUT2D eigenvalue weighted by Gasteiger charge is -2.11.